The van der Waals surface area contributed by atoms with Crippen LogP contribution in [-0.2, 0) is 0 Å². The van der Waals surface area contributed by atoms with Crippen LogP contribution >= 0.6 is 45.2 Å². The molecule has 0 bridgehead atoms. The average Bonchev–Trinajstić information content (AvgIpc) is 1.63. The predicted octanol–water partition coefficient (Wildman–Crippen LogP) is 2.59. The van der Waals surface area contributed by atoms with Gasteiger partial charge in [-0.1, -0.05) is 59.0 Å². The summed E-state index contributed by atoms with van der Waals surface area (Å²) >= 11 is 4.64. The third kappa shape index (κ3) is 5.84. The average molecular weight is 354 g/mol. The maximum Gasteiger partial charge on any atom is 0.0651 e. The molecule has 0 spiro atoms. The summed E-state index contributed by atoms with van der Waals surface area (Å²) in [4.78, 5) is 0. The van der Waals surface area contributed by atoms with E-state index in [1.54, 1.807) is 0 Å². The summed E-state index contributed by atoms with van der Waals surface area (Å²) in [7, 11) is 0. The minimum absolute atomic E-state index is 0.121. The first-order chi connectivity index (χ1) is 4.04. The van der Waals surface area contributed by atoms with Crippen molar-refractivity contribution in [3.05, 3.63) is 0 Å². The van der Waals surface area contributed by atoms with Crippen molar-refractivity contribution in [1.82, 2.24) is 0 Å². The molecule has 0 saturated heterocycles. The van der Waals surface area contributed by atoms with Crippen LogP contribution in [0.25, 0.3) is 0 Å². The fourth-order valence-corrected chi connectivity index (χ4v) is 1.50. The summed E-state index contributed by atoms with van der Waals surface area (Å²) in [5.41, 5.74) is 0. The van der Waals surface area contributed by atoms with Gasteiger partial charge in [-0.3, -0.25) is 0 Å². The zero-order valence-electron chi connectivity index (χ0n) is 5.64. The smallest absolute Gasteiger partial charge is 0.0651 e. The van der Waals surface area contributed by atoms with Crippen LogP contribution in [0.5, 0.6) is 0 Å². The van der Waals surface area contributed by atoms with E-state index in [1.807, 2.05) is 13.8 Å². The minimum atomic E-state index is -0.121. The molecule has 0 aromatic heterocycles. The molecule has 1 N–H and O–H groups in total. The number of aliphatic hydroxyl groups excluding tert-OH is 1. The SMILES string of the molecule is CC(C)C(O)CC(I)I. The number of aliphatic hydroxyl groups is 1. The lowest BCUT2D eigenvalue weighted by Crippen LogP contribution is -2.16. The fraction of sp³-hybridized carbons (Fsp3) is 1.00. The van der Waals surface area contributed by atoms with Crippen LogP contribution in [0.3, 0.4) is 0 Å². The molecule has 1 nitrogen and oxygen atoms in total. The van der Waals surface area contributed by atoms with Crippen molar-refractivity contribution in [2.24, 2.45) is 5.92 Å². The fourth-order valence-electron chi connectivity index (χ4n) is 0.455. The Bertz CT molecular complexity index is 73.5. The molecule has 0 aromatic rings. The topological polar surface area (TPSA) is 20.2 Å². The molecular formula is C6H12I2O. The van der Waals surface area contributed by atoms with Gasteiger partial charge >= 0.3 is 0 Å². The number of rotatable bonds is 3. The first-order valence-corrected chi connectivity index (χ1v) is 5.49. The van der Waals surface area contributed by atoms with E-state index in [0.29, 0.717) is 7.85 Å². The second-order valence-corrected chi connectivity index (χ2v) is 7.83. The van der Waals surface area contributed by atoms with Crippen LogP contribution in [-0.4, -0.2) is 13.1 Å². The van der Waals surface area contributed by atoms with Crippen molar-refractivity contribution in [2.45, 2.75) is 28.3 Å². The molecule has 0 fully saturated rings. The minimum Gasteiger partial charge on any atom is -0.393 e. The maximum atomic E-state index is 9.29. The first-order valence-electron chi connectivity index (χ1n) is 3.00. The van der Waals surface area contributed by atoms with Gasteiger partial charge in [0.05, 0.1) is 8.04 Å². The number of halogens is 2. The second-order valence-electron chi connectivity index (χ2n) is 2.44. The van der Waals surface area contributed by atoms with Crippen LogP contribution in [0.1, 0.15) is 20.3 Å². The molecule has 0 radical (unpaired) electrons. The first kappa shape index (κ1) is 10.4. The Hall–Kier alpha value is 1.42. The third-order valence-corrected chi connectivity index (χ3v) is 2.21. The Morgan fingerprint density at radius 1 is 1.33 bits per heavy atom. The lowest BCUT2D eigenvalue weighted by Gasteiger charge is -2.14. The summed E-state index contributed by atoms with van der Waals surface area (Å²) in [6.45, 7) is 4.08. The van der Waals surface area contributed by atoms with E-state index in [-0.39, 0.29) is 6.10 Å². The monoisotopic (exact) mass is 354 g/mol. The molecule has 0 amide bonds. The van der Waals surface area contributed by atoms with Gasteiger partial charge in [0.1, 0.15) is 0 Å². The van der Waals surface area contributed by atoms with Crippen molar-refractivity contribution >= 4 is 45.2 Å². The van der Waals surface area contributed by atoms with E-state index in [4.69, 9.17) is 0 Å². The van der Waals surface area contributed by atoms with E-state index in [9.17, 15) is 5.11 Å². The van der Waals surface area contributed by atoms with Gasteiger partial charge < -0.3 is 5.11 Å². The molecule has 3 heteroatoms. The van der Waals surface area contributed by atoms with E-state index in [0.717, 1.165) is 6.42 Å². The molecule has 0 heterocycles. The van der Waals surface area contributed by atoms with Gasteiger partial charge in [0.25, 0.3) is 0 Å². The van der Waals surface area contributed by atoms with Gasteiger partial charge in [0.15, 0.2) is 0 Å². The van der Waals surface area contributed by atoms with Crippen LogP contribution in [0.4, 0.5) is 0 Å². The standard InChI is InChI=1S/C6H12I2O/c1-4(2)5(9)3-6(7)8/h4-6,9H,3H2,1-2H3. The van der Waals surface area contributed by atoms with Gasteiger partial charge in [-0.2, -0.15) is 0 Å². The number of hydrogen-bond acceptors (Lipinski definition) is 1. The molecular weight excluding hydrogens is 342 g/mol. The van der Waals surface area contributed by atoms with Gasteiger partial charge in [-0.25, -0.2) is 0 Å². The van der Waals surface area contributed by atoms with Crippen molar-refractivity contribution < 1.29 is 5.11 Å². The Labute approximate surface area is 83.9 Å². The lowest BCUT2D eigenvalue weighted by atomic mass is 10.1. The van der Waals surface area contributed by atoms with Crippen molar-refractivity contribution in [2.75, 3.05) is 0 Å². The zero-order valence-corrected chi connectivity index (χ0v) is 9.96. The van der Waals surface area contributed by atoms with Gasteiger partial charge in [0.2, 0.25) is 0 Å². The molecule has 1 atom stereocenters. The Balaban J connectivity index is 3.38. The normalized spacial score (nSPS) is 15.0. The van der Waals surface area contributed by atoms with Crippen LogP contribution in [0.2, 0.25) is 0 Å². The largest absolute Gasteiger partial charge is 0.393 e. The van der Waals surface area contributed by atoms with Crippen molar-refractivity contribution in [3.8, 4) is 0 Å². The molecule has 1 unspecified atom stereocenters. The van der Waals surface area contributed by atoms with Gasteiger partial charge in [0, 0.05) is 0 Å². The molecule has 9 heavy (non-hydrogen) atoms. The second kappa shape index (κ2) is 5.12. The van der Waals surface area contributed by atoms with Gasteiger partial charge in [-0.05, 0) is 12.3 Å². The highest BCUT2D eigenvalue weighted by Crippen LogP contribution is 2.19. The number of alkyl halides is 2. The molecule has 0 aliphatic rings. The summed E-state index contributed by atoms with van der Waals surface area (Å²) in [5, 5.41) is 9.29. The Morgan fingerprint density at radius 2 is 1.78 bits per heavy atom. The van der Waals surface area contributed by atoms with Crippen LogP contribution in [0, 0.1) is 5.92 Å². The number of hydrogen-bond donors (Lipinski definition) is 1. The highest BCUT2D eigenvalue weighted by Gasteiger charge is 2.11. The summed E-state index contributed by atoms with van der Waals surface area (Å²) < 4.78 is 0.553. The molecule has 56 valence electrons. The highest BCUT2D eigenvalue weighted by atomic mass is 127. The summed E-state index contributed by atoms with van der Waals surface area (Å²) in [6, 6.07) is 0. The van der Waals surface area contributed by atoms with E-state index >= 15 is 0 Å². The lowest BCUT2D eigenvalue weighted by molar-refractivity contribution is 0.122. The Morgan fingerprint density at radius 3 is 1.89 bits per heavy atom. The quantitative estimate of drug-likeness (QED) is 0.610. The summed E-state index contributed by atoms with van der Waals surface area (Å²) in [5.74, 6) is 0.400. The summed E-state index contributed by atoms with van der Waals surface area (Å²) in [6.07, 6.45) is 0.780. The molecule has 0 saturated carbocycles. The zero-order chi connectivity index (χ0) is 7.44. The van der Waals surface area contributed by atoms with Crippen molar-refractivity contribution in [1.29, 1.82) is 0 Å². The maximum absolute atomic E-state index is 9.29. The molecule has 0 aliphatic carbocycles. The van der Waals surface area contributed by atoms with E-state index < -0.39 is 0 Å². The molecule has 0 rings (SSSR count). The highest BCUT2D eigenvalue weighted by molar-refractivity contribution is 14.2. The third-order valence-electron chi connectivity index (χ3n) is 1.19. The van der Waals surface area contributed by atoms with Gasteiger partial charge in [-0.15, -0.1) is 0 Å². The van der Waals surface area contributed by atoms with E-state index in [1.165, 1.54) is 0 Å². The van der Waals surface area contributed by atoms with Crippen molar-refractivity contribution in [3.63, 3.8) is 0 Å². The molecule has 0 aliphatic heterocycles. The Kier molecular flexibility index (Phi) is 5.93. The molecule has 0 aromatic carbocycles. The van der Waals surface area contributed by atoms with Crippen LogP contribution < -0.4 is 0 Å². The predicted molar refractivity (Wildman–Crippen MR) is 57.3 cm³/mol. The van der Waals surface area contributed by atoms with Crippen LogP contribution in [0.15, 0.2) is 0 Å². The van der Waals surface area contributed by atoms with E-state index in [2.05, 4.69) is 45.2 Å².